The lowest BCUT2D eigenvalue weighted by molar-refractivity contribution is 0.329. The Kier molecular flexibility index (Phi) is 5.03. The Bertz CT molecular complexity index is 606. The van der Waals surface area contributed by atoms with Crippen molar-refractivity contribution in [1.82, 2.24) is 5.43 Å². The van der Waals surface area contributed by atoms with Gasteiger partial charge >= 0.3 is 0 Å². The highest BCUT2D eigenvalue weighted by Gasteiger charge is 2.44. The zero-order chi connectivity index (χ0) is 16.1. The lowest BCUT2D eigenvalue weighted by Gasteiger charge is -2.42. The molecule has 1 aliphatic heterocycles. The van der Waals surface area contributed by atoms with E-state index in [1.54, 1.807) is 6.07 Å². The van der Waals surface area contributed by atoms with Crippen LogP contribution in [0.2, 0.25) is 0 Å². The third-order valence-corrected chi connectivity index (χ3v) is 4.91. The third-order valence-electron chi connectivity index (χ3n) is 4.91. The average Bonchev–Trinajstić information content (AvgIpc) is 2.56. The SMILES string of the molecule is Fc1ccc(C2(C3=NCCCCCC/C=N/N3)CCC2)cc1F. The van der Waals surface area contributed by atoms with Gasteiger partial charge in [-0.15, -0.1) is 0 Å². The quantitative estimate of drug-likeness (QED) is 0.866. The summed E-state index contributed by atoms with van der Waals surface area (Å²) >= 11 is 0. The molecule has 0 unspecified atom stereocenters. The summed E-state index contributed by atoms with van der Waals surface area (Å²) in [4.78, 5) is 4.72. The van der Waals surface area contributed by atoms with E-state index in [1.807, 2.05) is 6.21 Å². The number of aliphatic imine (C=N–C) groups is 1. The van der Waals surface area contributed by atoms with Crippen molar-refractivity contribution in [3.05, 3.63) is 35.4 Å². The van der Waals surface area contributed by atoms with Crippen LogP contribution in [0.1, 0.15) is 56.9 Å². The molecule has 0 aromatic heterocycles. The van der Waals surface area contributed by atoms with Crippen LogP contribution in [0.3, 0.4) is 0 Å². The molecule has 2 aliphatic rings. The van der Waals surface area contributed by atoms with Gasteiger partial charge in [0.2, 0.25) is 0 Å². The number of hydrogen-bond donors (Lipinski definition) is 1. The summed E-state index contributed by atoms with van der Waals surface area (Å²) in [6.45, 7) is 0.753. The fraction of sp³-hybridized carbons (Fsp3) is 0.556. The van der Waals surface area contributed by atoms with E-state index in [9.17, 15) is 8.78 Å². The maximum atomic E-state index is 13.7. The standard InChI is InChI=1S/C18H23F2N3/c19-15-8-7-14(13-16(15)20)18(9-6-10-18)17-21-11-4-2-1-3-5-12-22-23-17/h7-8,12-13H,1-6,9-11H2,(H,21,23)/b22-12+. The van der Waals surface area contributed by atoms with Crippen molar-refractivity contribution >= 4 is 12.1 Å². The molecule has 1 aromatic rings. The van der Waals surface area contributed by atoms with Crippen LogP contribution in [0.5, 0.6) is 0 Å². The van der Waals surface area contributed by atoms with E-state index in [2.05, 4.69) is 10.5 Å². The van der Waals surface area contributed by atoms with Gasteiger partial charge in [0.1, 0.15) is 5.84 Å². The Balaban J connectivity index is 1.90. The Morgan fingerprint density at radius 1 is 0.957 bits per heavy atom. The van der Waals surface area contributed by atoms with Crippen molar-refractivity contribution in [2.24, 2.45) is 10.1 Å². The highest BCUT2D eigenvalue weighted by Crippen LogP contribution is 2.45. The van der Waals surface area contributed by atoms with Crippen LogP contribution in [0.4, 0.5) is 8.78 Å². The molecule has 0 spiro atoms. The summed E-state index contributed by atoms with van der Waals surface area (Å²) in [7, 11) is 0. The van der Waals surface area contributed by atoms with Crippen molar-refractivity contribution in [1.29, 1.82) is 0 Å². The molecule has 1 heterocycles. The molecule has 3 rings (SSSR count). The van der Waals surface area contributed by atoms with Gasteiger partial charge in [-0.05, 0) is 49.8 Å². The van der Waals surface area contributed by atoms with Crippen LogP contribution in [-0.4, -0.2) is 18.6 Å². The van der Waals surface area contributed by atoms with Gasteiger partial charge in [0.05, 0.1) is 5.41 Å². The van der Waals surface area contributed by atoms with Gasteiger partial charge in [-0.2, -0.15) is 5.10 Å². The second kappa shape index (κ2) is 7.20. The fourth-order valence-electron chi connectivity index (χ4n) is 3.34. The second-order valence-electron chi connectivity index (χ2n) is 6.42. The number of hydrazone groups is 1. The molecule has 124 valence electrons. The number of hydrogen-bond acceptors (Lipinski definition) is 3. The maximum absolute atomic E-state index is 13.7. The van der Waals surface area contributed by atoms with E-state index in [4.69, 9.17) is 4.99 Å². The van der Waals surface area contributed by atoms with Gasteiger partial charge in [-0.3, -0.25) is 10.4 Å². The minimum Gasteiger partial charge on any atom is -0.270 e. The molecule has 5 heteroatoms. The molecule has 1 aromatic carbocycles. The van der Waals surface area contributed by atoms with Gasteiger partial charge in [-0.1, -0.05) is 25.3 Å². The molecule has 0 bridgehead atoms. The molecule has 1 aliphatic carbocycles. The van der Waals surface area contributed by atoms with Crippen LogP contribution in [0.15, 0.2) is 28.3 Å². The minimum absolute atomic E-state index is 0.347. The largest absolute Gasteiger partial charge is 0.270 e. The molecular formula is C18H23F2N3. The van der Waals surface area contributed by atoms with Crippen molar-refractivity contribution in [2.75, 3.05) is 6.54 Å². The molecule has 0 amide bonds. The smallest absolute Gasteiger partial charge is 0.159 e. The van der Waals surface area contributed by atoms with Crippen molar-refractivity contribution in [3.63, 3.8) is 0 Å². The third kappa shape index (κ3) is 3.43. The zero-order valence-electron chi connectivity index (χ0n) is 13.3. The summed E-state index contributed by atoms with van der Waals surface area (Å²) in [5.74, 6) is -0.805. The number of benzene rings is 1. The van der Waals surface area contributed by atoms with E-state index < -0.39 is 11.6 Å². The summed E-state index contributed by atoms with van der Waals surface area (Å²) in [6, 6.07) is 4.20. The zero-order valence-corrected chi connectivity index (χ0v) is 13.3. The van der Waals surface area contributed by atoms with Gasteiger partial charge in [0.15, 0.2) is 11.6 Å². The predicted octanol–water partition coefficient (Wildman–Crippen LogP) is 4.32. The van der Waals surface area contributed by atoms with Crippen LogP contribution in [0, 0.1) is 11.6 Å². The van der Waals surface area contributed by atoms with E-state index in [1.165, 1.54) is 25.0 Å². The predicted molar refractivity (Wildman–Crippen MR) is 88.9 cm³/mol. The first kappa shape index (κ1) is 16.1. The molecule has 0 saturated heterocycles. The van der Waals surface area contributed by atoms with Crippen LogP contribution in [0.25, 0.3) is 0 Å². The van der Waals surface area contributed by atoms with Gasteiger partial charge in [0, 0.05) is 12.8 Å². The highest BCUT2D eigenvalue weighted by atomic mass is 19.2. The summed E-state index contributed by atoms with van der Waals surface area (Å²) in [5.41, 5.74) is 3.54. The fourth-order valence-corrected chi connectivity index (χ4v) is 3.34. The lowest BCUT2D eigenvalue weighted by Crippen LogP contribution is -2.48. The molecule has 1 N–H and O–H groups in total. The van der Waals surface area contributed by atoms with E-state index >= 15 is 0 Å². The van der Waals surface area contributed by atoms with Gasteiger partial charge < -0.3 is 0 Å². The number of nitrogens with one attached hydrogen (secondary N) is 1. The number of halogens is 2. The first-order valence-electron chi connectivity index (χ1n) is 8.50. The normalized spacial score (nSPS) is 23.0. The Morgan fingerprint density at radius 3 is 2.52 bits per heavy atom. The molecule has 23 heavy (non-hydrogen) atoms. The molecule has 1 saturated carbocycles. The van der Waals surface area contributed by atoms with Crippen molar-refractivity contribution in [3.8, 4) is 0 Å². The van der Waals surface area contributed by atoms with Crippen LogP contribution < -0.4 is 5.43 Å². The summed E-state index contributed by atoms with van der Waals surface area (Å²) < 4.78 is 27.0. The van der Waals surface area contributed by atoms with E-state index in [0.717, 1.165) is 56.5 Å². The lowest BCUT2D eigenvalue weighted by atomic mass is 9.63. The van der Waals surface area contributed by atoms with Crippen LogP contribution in [-0.2, 0) is 5.41 Å². The Labute approximate surface area is 135 Å². The number of amidine groups is 1. The number of rotatable bonds is 2. The maximum Gasteiger partial charge on any atom is 0.159 e. The van der Waals surface area contributed by atoms with Crippen molar-refractivity contribution < 1.29 is 8.78 Å². The number of nitrogens with zero attached hydrogens (tertiary/aromatic N) is 2. The van der Waals surface area contributed by atoms with Crippen LogP contribution >= 0.6 is 0 Å². The second-order valence-corrected chi connectivity index (χ2v) is 6.42. The van der Waals surface area contributed by atoms with E-state index in [0.29, 0.717) is 0 Å². The van der Waals surface area contributed by atoms with Gasteiger partial charge in [0.25, 0.3) is 0 Å². The average molecular weight is 319 g/mol. The topological polar surface area (TPSA) is 36.8 Å². The molecule has 0 atom stereocenters. The first-order valence-corrected chi connectivity index (χ1v) is 8.50. The molecular weight excluding hydrogens is 296 g/mol. The van der Waals surface area contributed by atoms with Crippen molar-refractivity contribution in [2.45, 2.75) is 56.8 Å². The molecule has 3 nitrogen and oxygen atoms in total. The Hall–Kier alpha value is -1.78. The van der Waals surface area contributed by atoms with E-state index in [-0.39, 0.29) is 5.41 Å². The minimum atomic E-state index is -0.807. The van der Waals surface area contributed by atoms with Gasteiger partial charge in [-0.25, -0.2) is 8.78 Å². The highest BCUT2D eigenvalue weighted by molar-refractivity contribution is 5.94. The summed E-state index contributed by atoms with van der Waals surface area (Å²) in [5, 5.41) is 4.30. The Morgan fingerprint density at radius 2 is 1.78 bits per heavy atom. The summed E-state index contributed by atoms with van der Waals surface area (Å²) in [6.07, 6.45) is 10.3. The molecule has 0 radical (unpaired) electrons. The monoisotopic (exact) mass is 319 g/mol. The molecule has 1 fully saturated rings. The first-order chi connectivity index (χ1) is 11.2.